The average Bonchev–Trinajstić information content (AvgIpc) is 3.43. The zero-order valence-corrected chi connectivity index (χ0v) is 22.6. The average molecular weight is 544 g/mol. The van der Waals surface area contributed by atoms with Crippen molar-refractivity contribution in [3.63, 3.8) is 0 Å². The van der Waals surface area contributed by atoms with Crippen LogP contribution in [0.4, 0.5) is 0 Å². The van der Waals surface area contributed by atoms with E-state index < -0.39 is 47.9 Å². The molecule has 12 nitrogen and oxygen atoms in total. The molecule has 9 N–H and O–H groups in total. The quantitative estimate of drug-likeness (QED) is 0.137. The number of carboxylic acids is 1. The number of nitrogens with one attached hydrogen (secondary N) is 4. The van der Waals surface area contributed by atoms with Gasteiger partial charge in [0.15, 0.2) is 0 Å². The lowest BCUT2D eigenvalue weighted by Gasteiger charge is -2.28. The number of rotatable bonds is 17. The Balaban J connectivity index is 2.16. The van der Waals surface area contributed by atoms with E-state index in [9.17, 15) is 24.3 Å². The Kier molecular flexibility index (Phi) is 13.1. The SMILES string of the molecule is CCC(C)C(NC(=O)C(Cc1cnc[nH]1)NC(=O)C(N)Cc1ccccc1)C(=O)NC(CCCCN)C(=O)O. The fourth-order valence-corrected chi connectivity index (χ4v) is 4.03. The van der Waals surface area contributed by atoms with E-state index in [1.165, 1.54) is 12.5 Å². The van der Waals surface area contributed by atoms with Crippen LogP contribution in [0.2, 0.25) is 0 Å². The summed E-state index contributed by atoms with van der Waals surface area (Å²) in [6.07, 6.45) is 5.29. The number of benzene rings is 1. The van der Waals surface area contributed by atoms with Crippen LogP contribution in [0.3, 0.4) is 0 Å². The Morgan fingerprint density at radius 1 is 0.974 bits per heavy atom. The van der Waals surface area contributed by atoms with Crippen molar-refractivity contribution in [3.8, 4) is 0 Å². The Bertz CT molecular complexity index is 1050. The zero-order valence-electron chi connectivity index (χ0n) is 22.6. The number of carbonyl (C=O) groups excluding carboxylic acids is 3. The highest BCUT2D eigenvalue weighted by molar-refractivity contribution is 5.94. The molecule has 1 aromatic carbocycles. The van der Waals surface area contributed by atoms with Gasteiger partial charge in [0.1, 0.15) is 18.1 Å². The van der Waals surface area contributed by atoms with Crippen LogP contribution < -0.4 is 27.4 Å². The maximum Gasteiger partial charge on any atom is 0.326 e. The molecule has 3 amide bonds. The maximum atomic E-state index is 13.4. The number of nitrogens with two attached hydrogens (primary N) is 2. The number of aromatic amines is 1. The number of amides is 3. The van der Waals surface area contributed by atoms with E-state index >= 15 is 0 Å². The molecule has 0 saturated carbocycles. The highest BCUT2D eigenvalue weighted by Crippen LogP contribution is 2.11. The number of carboxylic acid groups (broad SMARTS) is 1. The van der Waals surface area contributed by atoms with Crippen molar-refractivity contribution >= 4 is 23.7 Å². The molecule has 0 spiro atoms. The summed E-state index contributed by atoms with van der Waals surface area (Å²) in [6.45, 7) is 4.07. The van der Waals surface area contributed by atoms with Crippen LogP contribution in [0, 0.1) is 5.92 Å². The van der Waals surface area contributed by atoms with Gasteiger partial charge in [-0.1, -0.05) is 50.6 Å². The van der Waals surface area contributed by atoms with Gasteiger partial charge < -0.3 is 37.5 Å². The minimum absolute atomic E-state index is 0.0846. The molecule has 0 radical (unpaired) electrons. The third-order valence-corrected chi connectivity index (χ3v) is 6.60. The second-order valence-electron chi connectivity index (χ2n) is 9.69. The standard InChI is InChI=1S/C27H41N7O5/c1-3-17(2)23(26(37)32-21(27(38)39)11-7-8-12-28)34-25(36)22(14-19-15-30-16-31-19)33-24(35)20(29)13-18-9-5-4-6-10-18/h4-6,9-10,15-17,20-23H,3,7-8,11-14,28-29H2,1-2H3,(H,30,31)(H,32,37)(H,33,35)(H,34,36)(H,38,39). The second kappa shape index (κ2) is 16.2. The first-order valence-corrected chi connectivity index (χ1v) is 13.3. The summed E-state index contributed by atoms with van der Waals surface area (Å²) >= 11 is 0. The van der Waals surface area contributed by atoms with E-state index in [4.69, 9.17) is 11.5 Å². The van der Waals surface area contributed by atoms with Crippen LogP contribution in [0.15, 0.2) is 42.9 Å². The summed E-state index contributed by atoms with van der Waals surface area (Å²) in [4.78, 5) is 58.1. The first kappa shape index (κ1) is 31.4. The Hall–Kier alpha value is -3.77. The Labute approximate surface area is 228 Å². The number of carbonyl (C=O) groups is 4. The first-order valence-electron chi connectivity index (χ1n) is 13.3. The predicted molar refractivity (Wildman–Crippen MR) is 146 cm³/mol. The molecule has 0 bridgehead atoms. The van der Waals surface area contributed by atoms with Crippen LogP contribution in [-0.2, 0) is 32.0 Å². The van der Waals surface area contributed by atoms with Crippen molar-refractivity contribution in [2.75, 3.05) is 6.54 Å². The van der Waals surface area contributed by atoms with Gasteiger partial charge in [0.2, 0.25) is 17.7 Å². The van der Waals surface area contributed by atoms with Crippen molar-refractivity contribution in [2.24, 2.45) is 17.4 Å². The number of hydrogen-bond acceptors (Lipinski definition) is 7. The summed E-state index contributed by atoms with van der Waals surface area (Å²) in [5.74, 6) is -3.19. The fraction of sp³-hybridized carbons (Fsp3) is 0.519. The van der Waals surface area contributed by atoms with Crippen molar-refractivity contribution in [2.45, 2.75) is 76.5 Å². The number of unbranched alkanes of at least 4 members (excludes halogenated alkanes) is 1. The van der Waals surface area contributed by atoms with E-state index in [1.807, 2.05) is 37.3 Å². The van der Waals surface area contributed by atoms with Gasteiger partial charge in [-0.15, -0.1) is 0 Å². The van der Waals surface area contributed by atoms with Gasteiger partial charge in [-0.05, 0) is 43.7 Å². The van der Waals surface area contributed by atoms with Crippen molar-refractivity contribution in [1.82, 2.24) is 25.9 Å². The van der Waals surface area contributed by atoms with Crippen LogP contribution in [0.5, 0.6) is 0 Å². The number of aromatic nitrogens is 2. The molecule has 0 saturated heterocycles. The van der Waals surface area contributed by atoms with Crippen molar-refractivity contribution in [3.05, 3.63) is 54.1 Å². The lowest BCUT2D eigenvalue weighted by Crippen LogP contribution is -2.59. The summed E-state index contributed by atoms with van der Waals surface area (Å²) in [5.41, 5.74) is 13.1. The summed E-state index contributed by atoms with van der Waals surface area (Å²) in [5, 5.41) is 17.6. The summed E-state index contributed by atoms with van der Waals surface area (Å²) < 4.78 is 0. The van der Waals surface area contributed by atoms with Crippen LogP contribution in [0.1, 0.15) is 50.8 Å². The van der Waals surface area contributed by atoms with E-state index in [2.05, 4.69) is 25.9 Å². The van der Waals surface area contributed by atoms with Gasteiger partial charge in [-0.3, -0.25) is 14.4 Å². The molecular formula is C27H41N7O5. The van der Waals surface area contributed by atoms with E-state index in [-0.39, 0.29) is 25.2 Å². The molecule has 5 unspecified atom stereocenters. The second-order valence-corrected chi connectivity index (χ2v) is 9.69. The normalized spacial score (nSPS) is 14.9. The van der Waals surface area contributed by atoms with Crippen LogP contribution >= 0.6 is 0 Å². The third kappa shape index (κ3) is 10.5. The van der Waals surface area contributed by atoms with E-state index in [1.54, 1.807) is 6.92 Å². The lowest BCUT2D eigenvalue weighted by atomic mass is 9.96. The fourth-order valence-electron chi connectivity index (χ4n) is 4.03. The molecule has 12 heteroatoms. The molecule has 0 fully saturated rings. The molecule has 1 heterocycles. The van der Waals surface area contributed by atoms with Gasteiger partial charge >= 0.3 is 5.97 Å². The maximum absolute atomic E-state index is 13.4. The largest absolute Gasteiger partial charge is 0.480 e. The van der Waals surface area contributed by atoms with Gasteiger partial charge in [-0.25, -0.2) is 9.78 Å². The van der Waals surface area contributed by atoms with Crippen molar-refractivity contribution in [1.29, 1.82) is 0 Å². The summed E-state index contributed by atoms with van der Waals surface area (Å²) in [7, 11) is 0. The van der Waals surface area contributed by atoms with Gasteiger partial charge in [-0.2, -0.15) is 0 Å². The number of H-pyrrole nitrogens is 1. The molecule has 214 valence electrons. The Morgan fingerprint density at radius 3 is 2.26 bits per heavy atom. The van der Waals surface area contributed by atoms with E-state index in [0.717, 1.165) is 5.56 Å². The minimum atomic E-state index is -1.16. The number of imidazole rings is 1. The summed E-state index contributed by atoms with van der Waals surface area (Å²) in [6, 6.07) is 5.20. The number of nitrogens with zero attached hydrogens (tertiary/aromatic N) is 1. The van der Waals surface area contributed by atoms with Gasteiger partial charge in [0, 0.05) is 18.3 Å². The molecule has 0 aliphatic rings. The van der Waals surface area contributed by atoms with Gasteiger partial charge in [0.05, 0.1) is 12.4 Å². The molecule has 0 aliphatic carbocycles. The molecule has 2 rings (SSSR count). The molecule has 1 aromatic heterocycles. The Morgan fingerprint density at radius 2 is 1.67 bits per heavy atom. The monoisotopic (exact) mass is 543 g/mol. The smallest absolute Gasteiger partial charge is 0.326 e. The highest BCUT2D eigenvalue weighted by Gasteiger charge is 2.33. The molecule has 39 heavy (non-hydrogen) atoms. The zero-order chi connectivity index (χ0) is 28.8. The minimum Gasteiger partial charge on any atom is -0.480 e. The number of hydrogen-bond donors (Lipinski definition) is 7. The predicted octanol–water partition coefficient (Wildman–Crippen LogP) is 0.236. The van der Waals surface area contributed by atoms with Crippen LogP contribution in [0.25, 0.3) is 0 Å². The number of aliphatic carboxylic acids is 1. The molecular weight excluding hydrogens is 502 g/mol. The van der Waals surface area contributed by atoms with Gasteiger partial charge in [0.25, 0.3) is 0 Å². The molecule has 0 aliphatic heterocycles. The van der Waals surface area contributed by atoms with E-state index in [0.29, 0.717) is 31.5 Å². The lowest BCUT2D eigenvalue weighted by molar-refractivity contribution is -0.143. The molecule has 5 atom stereocenters. The van der Waals surface area contributed by atoms with Crippen LogP contribution in [-0.4, -0.2) is 69.5 Å². The first-order chi connectivity index (χ1) is 18.7. The topological polar surface area (TPSA) is 205 Å². The molecule has 2 aromatic rings. The highest BCUT2D eigenvalue weighted by atomic mass is 16.4. The third-order valence-electron chi connectivity index (χ3n) is 6.60. The van der Waals surface area contributed by atoms with Crippen molar-refractivity contribution < 1.29 is 24.3 Å².